The Morgan fingerprint density at radius 2 is 1.47 bits per heavy atom. The Balaban J connectivity index is 4.55. The number of rotatable bonds is 5. The van der Waals surface area contributed by atoms with Crippen molar-refractivity contribution >= 4 is 0 Å². The molecule has 0 aliphatic rings. The largest absolute Gasteiger partial charge is 0.393 e. The zero-order chi connectivity index (χ0) is 12.5. The number of ether oxygens (including phenoxy) is 1. The van der Waals surface area contributed by atoms with Gasteiger partial charge in [0.05, 0.1) is 23.9 Å². The third-order valence-electron chi connectivity index (χ3n) is 3.38. The van der Waals surface area contributed by atoms with Gasteiger partial charge < -0.3 is 14.9 Å². The van der Waals surface area contributed by atoms with E-state index in [0.717, 1.165) is 0 Å². The van der Waals surface area contributed by atoms with Gasteiger partial charge in [-0.05, 0) is 34.6 Å². The summed E-state index contributed by atoms with van der Waals surface area (Å²) in [6, 6.07) is 0. The summed E-state index contributed by atoms with van der Waals surface area (Å²) in [4.78, 5) is 0. The molecule has 0 aromatic heterocycles. The maximum Gasteiger partial charge on any atom is 0.0824 e. The molecule has 0 spiro atoms. The van der Waals surface area contributed by atoms with E-state index in [2.05, 4.69) is 0 Å². The molecule has 1 unspecified atom stereocenters. The number of aliphatic hydroxyl groups is 2. The summed E-state index contributed by atoms with van der Waals surface area (Å²) in [6.07, 6.45) is -0.464. The third-order valence-corrected chi connectivity index (χ3v) is 3.38. The van der Waals surface area contributed by atoms with Crippen molar-refractivity contribution in [3.63, 3.8) is 0 Å². The van der Waals surface area contributed by atoms with E-state index < -0.39 is 17.3 Å². The minimum atomic E-state index is -0.841. The van der Waals surface area contributed by atoms with Crippen LogP contribution < -0.4 is 0 Å². The van der Waals surface area contributed by atoms with E-state index in [1.807, 2.05) is 27.7 Å². The van der Waals surface area contributed by atoms with E-state index in [4.69, 9.17) is 4.74 Å². The van der Waals surface area contributed by atoms with Crippen molar-refractivity contribution in [3.05, 3.63) is 0 Å². The summed E-state index contributed by atoms with van der Waals surface area (Å²) in [7, 11) is 0. The van der Waals surface area contributed by atoms with Crippen LogP contribution in [0.3, 0.4) is 0 Å². The lowest BCUT2D eigenvalue weighted by molar-refractivity contribution is -0.166. The molecule has 0 aromatic rings. The second-order valence-corrected chi connectivity index (χ2v) is 6.01. The molecule has 15 heavy (non-hydrogen) atoms. The van der Waals surface area contributed by atoms with Crippen LogP contribution in [0.2, 0.25) is 0 Å². The van der Waals surface area contributed by atoms with Gasteiger partial charge in [0.25, 0.3) is 0 Å². The van der Waals surface area contributed by atoms with E-state index in [1.54, 1.807) is 20.8 Å². The average Bonchev–Trinajstić information content (AvgIpc) is 1.99. The van der Waals surface area contributed by atoms with Gasteiger partial charge in [0.1, 0.15) is 0 Å². The van der Waals surface area contributed by atoms with Gasteiger partial charge in [-0.1, -0.05) is 13.8 Å². The molecule has 0 bridgehead atoms. The summed E-state index contributed by atoms with van der Waals surface area (Å²) in [6.45, 7) is 13.2. The molecule has 0 amide bonds. The summed E-state index contributed by atoms with van der Waals surface area (Å²) >= 11 is 0. The second kappa shape index (κ2) is 4.40. The highest BCUT2D eigenvalue weighted by Crippen LogP contribution is 2.37. The van der Waals surface area contributed by atoms with E-state index in [9.17, 15) is 10.2 Å². The smallest absolute Gasteiger partial charge is 0.0824 e. The van der Waals surface area contributed by atoms with E-state index in [0.29, 0.717) is 0 Å². The fraction of sp³-hybridized carbons (Fsp3) is 1.00. The first-order chi connectivity index (χ1) is 6.40. The maximum atomic E-state index is 9.70. The molecule has 0 heterocycles. The van der Waals surface area contributed by atoms with Crippen molar-refractivity contribution in [2.24, 2.45) is 5.41 Å². The van der Waals surface area contributed by atoms with Crippen molar-refractivity contribution in [1.29, 1.82) is 0 Å². The summed E-state index contributed by atoms with van der Waals surface area (Å²) in [5, 5.41) is 19.3. The Morgan fingerprint density at radius 1 is 1.07 bits per heavy atom. The molecule has 0 aliphatic carbocycles. The van der Waals surface area contributed by atoms with Gasteiger partial charge in [-0.3, -0.25) is 0 Å². The second-order valence-electron chi connectivity index (χ2n) is 6.01. The van der Waals surface area contributed by atoms with Crippen LogP contribution in [0.25, 0.3) is 0 Å². The van der Waals surface area contributed by atoms with Crippen molar-refractivity contribution in [2.75, 3.05) is 6.61 Å². The zero-order valence-electron chi connectivity index (χ0n) is 11.1. The van der Waals surface area contributed by atoms with Crippen LogP contribution >= 0.6 is 0 Å². The van der Waals surface area contributed by atoms with Crippen molar-refractivity contribution in [2.45, 2.75) is 65.8 Å². The lowest BCUT2D eigenvalue weighted by Crippen LogP contribution is -2.50. The Morgan fingerprint density at radius 3 is 1.73 bits per heavy atom. The highest BCUT2D eigenvalue weighted by molar-refractivity contribution is 4.92. The van der Waals surface area contributed by atoms with Gasteiger partial charge >= 0.3 is 0 Å². The monoisotopic (exact) mass is 218 g/mol. The Hall–Kier alpha value is -0.120. The average molecular weight is 218 g/mol. The molecule has 1 atom stereocenters. The minimum Gasteiger partial charge on any atom is -0.393 e. The molecule has 0 aliphatic heterocycles. The molecule has 2 N–H and O–H groups in total. The zero-order valence-corrected chi connectivity index (χ0v) is 11.1. The molecule has 92 valence electrons. The molecule has 0 fully saturated rings. The first kappa shape index (κ1) is 14.9. The molecule has 0 rings (SSSR count). The predicted octanol–water partition coefficient (Wildman–Crippen LogP) is 1.96. The maximum absolute atomic E-state index is 9.70. The van der Waals surface area contributed by atoms with Crippen molar-refractivity contribution in [3.8, 4) is 0 Å². The Bertz CT molecular complexity index is 199. The molecule has 0 saturated carbocycles. The highest BCUT2D eigenvalue weighted by Gasteiger charge is 2.42. The van der Waals surface area contributed by atoms with Gasteiger partial charge in [0, 0.05) is 5.41 Å². The normalized spacial score (nSPS) is 16.6. The third kappa shape index (κ3) is 4.09. The minimum absolute atomic E-state index is 0.260. The molecule has 0 radical (unpaired) electrons. The van der Waals surface area contributed by atoms with Crippen LogP contribution in [0.15, 0.2) is 0 Å². The van der Waals surface area contributed by atoms with Crippen LogP contribution in [0.1, 0.15) is 48.5 Å². The topological polar surface area (TPSA) is 49.7 Å². The van der Waals surface area contributed by atoms with Gasteiger partial charge in [-0.25, -0.2) is 0 Å². The van der Waals surface area contributed by atoms with Gasteiger partial charge in [0.15, 0.2) is 0 Å². The highest BCUT2D eigenvalue weighted by atomic mass is 16.5. The predicted molar refractivity (Wildman–Crippen MR) is 61.8 cm³/mol. The van der Waals surface area contributed by atoms with Crippen LogP contribution in [-0.4, -0.2) is 34.1 Å². The SMILES string of the molecule is CC(O)C(C)(C)C(C)(C)OCC(C)(C)O. The van der Waals surface area contributed by atoms with Crippen LogP contribution in [0.5, 0.6) is 0 Å². The molecule has 0 saturated heterocycles. The first-order valence-corrected chi connectivity index (χ1v) is 5.44. The van der Waals surface area contributed by atoms with E-state index in [-0.39, 0.29) is 12.0 Å². The molecule has 3 heteroatoms. The first-order valence-electron chi connectivity index (χ1n) is 5.44. The molecule has 3 nitrogen and oxygen atoms in total. The van der Waals surface area contributed by atoms with Crippen LogP contribution in [0, 0.1) is 5.41 Å². The molecular weight excluding hydrogens is 192 g/mol. The quantitative estimate of drug-likeness (QED) is 0.741. The number of hydrogen-bond acceptors (Lipinski definition) is 3. The van der Waals surface area contributed by atoms with E-state index in [1.165, 1.54) is 0 Å². The Labute approximate surface area is 93.5 Å². The summed E-state index contributed by atoms with van der Waals surface area (Å²) in [5.74, 6) is 0. The van der Waals surface area contributed by atoms with Crippen molar-refractivity contribution < 1.29 is 14.9 Å². The van der Waals surface area contributed by atoms with Crippen LogP contribution in [0.4, 0.5) is 0 Å². The van der Waals surface area contributed by atoms with Gasteiger partial charge in [-0.15, -0.1) is 0 Å². The molecule has 0 aromatic carbocycles. The fourth-order valence-electron chi connectivity index (χ4n) is 1.05. The van der Waals surface area contributed by atoms with Crippen molar-refractivity contribution in [1.82, 2.24) is 0 Å². The van der Waals surface area contributed by atoms with Crippen LogP contribution in [-0.2, 0) is 4.74 Å². The standard InChI is InChI=1S/C12H26O3/c1-9(13)11(4,5)12(6,7)15-8-10(2,3)14/h9,13-14H,8H2,1-7H3. The number of aliphatic hydroxyl groups excluding tert-OH is 1. The Kier molecular flexibility index (Phi) is 4.36. The lowest BCUT2D eigenvalue weighted by Gasteiger charge is -2.44. The van der Waals surface area contributed by atoms with Gasteiger partial charge in [0.2, 0.25) is 0 Å². The van der Waals surface area contributed by atoms with E-state index >= 15 is 0 Å². The number of hydrogen-bond donors (Lipinski definition) is 2. The molecular formula is C12H26O3. The fourth-order valence-corrected chi connectivity index (χ4v) is 1.05. The summed E-state index contributed by atoms with van der Waals surface area (Å²) in [5.41, 5.74) is -1.69. The summed E-state index contributed by atoms with van der Waals surface area (Å²) < 4.78 is 5.71. The lowest BCUT2D eigenvalue weighted by atomic mass is 9.73. The van der Waals surface area contributed by atoms with Gasteiger partial charge in [-0.2, -0.15) is 0 Å².